The minimum Gasteiger partial charge on any atom is -0.449 e. The summed E-state index contributed by atoms with van der Waals surface area (Å²) >= 11 is 0. The first-order chi connectivity index (χ1) is 14.2. The number of hydrogen-bond acceptors (Lipinski definition) is 7. The molecule has 0 fully saturated rings. The number of carbonyl (C=O) groups excluding carboxylic acids is 3. The van der Waals surface area contributed by atoms with Crippen molar-refractivity contribution in [2.24, 2.45) is 0 Å². The molecule has 0 aromatic heterocycles. The lowest BCUT2D eigenvalue weighted by Crippen LogP contribution is -2.44. The van der Waals surface area contributed by atoms with Gasteiger partial charge in [0, 0.05) is 6.54 Å². The number of rotatable bonds is 10. The highest BCUT2D eigenvalue weighted by molar-refractivity contribution is 5.81. The van der Waals surface area contributed by atoms with Crippen molar-refractivity contribution in [1.82, 2.24) is 10.6 Å². The Morgan fingerprint density at radius 3 is 2.40 bits per heavy atom. The zero-order valence-corrected chi connectivity index (χ0v) is 17.6. The third-order valence-electron chi connectivity index (χ3n) is 3.66. The maximum absolute atomic E-state index is 12.1. The molecule has 9 nitrogen and oxygen atoms in total. The molecule has 1 atom stereocenters. The third kappa shape index (κ3) is 11.5. The predicted octanol–water partition coefficient (Wildman–Crippen LogP) is 3.04. The van der Waals surface area contributed by atoms with Crippen LogP contribution in [0, 0.1) is 11.3 Å². The average molecular weight is 419 g/mol. The van der Waals surface area contributed by atoms with Gasteiger partial charge in [0.15, 0.2) is 6.61 Å². The van der Waals surface area contributed by atoms with Crippen molar-refractivity contribution in [3.05, 3.63) is 35.9 Å². The van der Waals surface area contributed by atoms with Gasteiger partial charge in [0.1, 0.15) is 24.3 Å². The van der Waals surface area contributed by atoms with Crippen LogP contribution in [0.3, 0.4) is 0 Å². The van der Waals surface area contributed by atoms with E-state index in [0.29, 0.717) is 19.4 Å². The highest BCUT2D eigenvalue weighted by atomic mass is 16.6. The van der Waals surface area contributed by atoms with E-state index in [-0.39, 0.29) is 13.0 Å². The summed E-state index contributed by atoms with van der Waals surface area (Å²) in [6.07, 6.45) is 0.0591. The minimum absolute atomic E-state index is 0.180. The molecule has 0 saturated heterocycles. The molecule has 0 bridgehead atoms. The van der Waals surface area contributed by atoms with Crippen LogP contribution in [0.1, 0.15) is 45.6 Å². The van der Waals surface area contributed by atoms with Gasteiger partial charge in [-0.05, 0) is 45.6 Å². The fraction of sp³-hybridized carbons (Fsp3) is 0.524. The van der Waals surface area contributed by atoms with Gasteiger partial charge in [0.25, 0.3) is 0 Å². The summed E-state index contributed by atoms with van der Waals surface area (Å²) in [5.74, 6) is -0.711. The number of esters is 1. The van der Waals surface area contributed by atoms with Gasteiger partial charge in [-0.3, -0.25) is 0 Å². The summed E-state index contributed by atoms with van der Waals surface area (Å²) < 4.78 is 15.1. The Balaban J connectivity index is 2.35. The third-order valence-corrected chi connectivity index (χ3v) is 3.66. The van der Waals surface area contributed by atoms with Crippen LogP contribution >= 0.6 is 0 Å². The Kier molecular flexibility index (Phi) is 10.8. The Morgan fingerprint density at radius 1 is 1.07 bits per heavy atom. The van der Waals surface area contributed by atoms with Gasteiger partial charge in [-0.2, -0.15) is 5.26 Å². The van der Waals surface area contributed by atoms with Gasteiger partial charge in [-0.25, -0.2) is 14.4 Å². The summed E-state index contributed by atoms with van der Waals surface area (Å²) in [5, 5.41) is 13.6. The Labute approximate surface area is 176 Å². The fourth-order valence-corrected chi connectivity index (χ4v) is 2.34. The Morgan fingerprint density at radius 2 is 1.77 bits per heavy atom. The number of carbonyl (C=O) groups is 3. The Hall–Kier alpha value is -3.28. The second kappa shape index (κ2) is 13.0. The van der Waals surface area contributed by atoms with Crippen LogP contribution in [0.25, 0.3) is 0 Å². The number of ether oxygens (including phenoxy) is 3. The normalized spacial score (nSPS) is 11.5. The number of amides is 2. The van der Waals surface area contributed by atoms with E-state index in [1.54, 1.807) is 26.8 Å². The first kappa shape index (κ1) is 24.8. The van der Waals surface area contributed by atoms with Crippen LogP contribution < -0.4 is 10.6 Å². The second-order valence-corrected chi connectivity index (χ2v) is 7.45. The van der Waals surface area contributed by atoms with E-state index in [0.717, 1.165) is 5.56 Å². The predicted molar refractivity (Wildman–Crippen MR) is 108 cm³/mol. The van der Waals surface area contributed by atoms with E-state index >= 15 is 0 Å². The average Bonchev–Trinajstić information content (AvgIpc) is 2.68. The van der Waals surface area contributed by atoms with Crippen molar-refractivity contribution >= 4 is 18.2 Å². The van der Waals surface area contributed by atoms with Gasteiger partial charge in [-0.15, -0.1) is 0 Å². The fourth-order valence-electron chi connectivity index (χ4n) is 2.34. The molecule has 0 spiro atoms. The van der Waals surface area contributed by atoms with E-state index in [9.17, 15) is 14.4 Å². The summed E-state index contributed by atoms with van der Waals surface area (Å²) in [6.45, 7) is 5.24. The van der Waals surface area contributed by atoms with E-state index in [1.165, 1.54) is 0 Å². The molecule has 0 saturated carbocycles. The highest BCUT2D eigenvalue weighted by Gasteiger charge is 2.25. The lowest BCUT2D eigenvalue weighted by molar-refractivity contribution is -0.145. The number of nitrogens with zero attached hydrogens (tertiary/aromatic N) is 1. The molecule has 1 unspecified atom stereocenters. The van der Waals surface area contributed by atoms with E-state index < -0.39 is 36.4 Å². The van der Waals surface area contributed by atoms with Crippen molar-refractivity contribution in [2.45, 2.75) is 58.3 Å². The maximum Gasteiger partial charge on any atom is 0.408 e. The van der Waals surface area contributed by atoms with Crippen LogP contribution in [-0.4, -0.2) is 43.0 Å². The molecule has 1 rings (SSSR count). The topological polar surface area (TPSA) is 127 Å². The SMILES string of the molecule is CC(C)(C)OC(=O)NC(CCCCNC(=O)OCc1ccccc1)C(=O)OCC#N. The number of nitriles is 1. The van der Waals surface area contributed by atoms with Gasteiger partial charge in [0.05, 0.1) is 0 Å². The number of unbranched alkanes of at least 4 members (excludes halogenated alkanes) is 1. The first-order valence-electron chi connectivity index (χ1n) is 9.69. The Bertz CT molecular complexity index is 724. The molecule has 2 amide bonds. The molecule has 0 aliphatic carbocycles. The first-order valence-corrected chi connectivity index (χ1v) is 9.69. The van der Waals surface area contributed by atoms with Crippen molar-refractivity contribution in [2.75, 3.05) is 13.2 Å². The molecule has 164 valence electrons. The molecule has 30 heavy (non-hydrogen) atoms. The summed E-state index contributed by atoms with van der Waals surface area (Å²) in [5.41, 5.74) is 0.175. The van der Waals surface area contributed by atoms with E-state index in [1.807, 2.05) is 30.3 Å². The lowest BCUT2D eigenvalue weighted by Gasteiger charge is -2.22. The van der Waals surface area contributed by atoms with Crippen LogP contribution in [-0.2, 0) is 25.6 Å². The molecule has 2 N–H and O–H groups in total. The van der Waals surface area contributed by atoms with Crippen LogP contribution in [0.4, 0.5) is 9.59 Å². The maximum atomic E-state index is 12.1. The van der Waals surface area contributed by atoms with Crippen molar-refractivity contribution in [3.63, 3.8) is 0 Å². The summed E-state index contributed by atoms with van der Waals surface area (Å²) in [4.78, 5) is 35.7. The molecule has 0 aliphatic rings. The quantitative estimate of drug-likeness (QED) is 0.339. The molecule has 9 heteroatoms. The summed E-state index contributed by atoms with van der Waals surface area (Å²) in [7, 11) is 0. The van der Waals surface area contributed by atoms with Gasteiger partial charge >= 0.3 is 18.2 Å². The van der Waals surface area contributed by atoms with Crippen molar-refractivity contribution < 1.29 is 28.6 Å². The highest BCUT2D eigenvalue weighted by Crippen LogP contribution is 2.09. The van der Waals surface area contributed by atoms with Gasteiger partial charge in [-0.1, -0.05) is 30.3 Å². The summed E-state index contributed by atoms with van der Waals surface area (Å²) in [6, 6.07) is 10.1. The minimum atomic E-state index is -0.946. The van der Waals surface area contributed by atoms with Crippen LogP contribution in [0.5, 0.6) is 0 Å². The molecule has 0 radical (unpaired) electrons. The standard InChI is InChI=1S/C21H29N3O6/c1-21(2,3)30-20(27)24-17(18(25)28-14-12-22)11-7-8-13-23-19(26)29-15-16-9-5-4-6-10-16/h4-6,9-10,17H,7-8,11,13-15H2,1-3H3,(H,23,26)(H,24,27). The van der Waals surface area contributed by atoms with Gasteiger partial charge < -0.3 is 24.8 Å². The van der Waals surface area contributed by atoms with Crippen LogP contribution in [0.2, 0.25) is 0 Å². The number of alkyl carbamates (subject to hydrolysis) is 2. The molecule has 0 aliphatic heterocycles. The number of hydrogen-bond donors (Lipinski definition) is 2. The number of nitrogens with one attached hydrogen (secondary N) is 2. The number of benzene rings is 1. The molecule has 0 heterocycles. The van der Waals surface area contributed by atoms with Crippen LogP contribution in [0.15, 0.2) is 30.3 Å². The van der Waals surface area contributed by atoms with Gasteiger partial charge in [0.2, 0.25) is 0 Å². The second-order valence-electron chi connectivity index (χ2n) is 7.45. The van der Waals surface area contributed by atoms with Crippen molar-refractivity contribution in [3.8, 4) is 6.07 Å². The molecular formula is C21H29N3O6. The zero-order chi connectivity index (χ0) is 22.4. The molecular weight excluding hydrogens is 390 g/mol. The lowest BCUT2D eigenvalue weighted by atomic mass is 10.1. The van der Waals surface area contributed by atoms with E-state index in [2.05, 4.69) is 10.6 Å². The largest absolute Gasteiger partial charge is 0.449 e. The zero-order valence-electron chi connectivity index (χ0n) is 17.6. The molecule has 1 aromatic rings. The smallest absolute Gasteiger partial charge is 0.408 e. The van der Waals surface area contributed by atoms with Crippen molar-refractivity contribution in [1.29, 1.82) is 5.26 Å². The van der Waals surface area contributed by atoms with E-state index in [4.69, 9.17) is 19.5 Å². The monoisotopic (exact) mass is 419 g/mol. The molecule has 1 aromatic carbocycles.